The largest absolute Gasteiger partial charge is 0.304 e. The normalized spacial score (nSPS) is 13.2. The van der Waals surface area contributed by atoms with Crippen molar-refractivity contribution in [1.29, 1.82) is 5.26 Å². The van der Waals surface area contributed by atoms with Gasteiger partial charge in [0, 0.05) is 11.3 Å². The first-order valence-electron chi connectivity index (χ1n) is 6.15. The number of nitriles is 1. The molecule has 0 aromatic heterocycles. The number of fused-ring (bicyclic) bond motifs is 1. The van der Waals surface area contributed by atoms with Gasteiger partial charge >= 0.3 is 0 Å². The van der Waals surface area contributed by atoms with Gasteiger partial charge in [0.1, 0.15) is 0 Å². The SMILES string of the molecule is N#CCc1ccc(N2Cc3ccccc3C2=O)cc1. The van der Waals surface area contributed by atoms with Crippen molar-refractivity contribution in [3.05, 3.63) is 65.2 Å². The van der Waals surface area contributed by atoms with E-state index < -0.39 is 0 Å². The molecular formula is C16H12N2O. The third-order valence-electron chi connectivity index (χ3n) is 3.35. The molecule has 0 bridgehead atoms. The van der Waals surface area contributed by atoms with E-state index >= 15 is 0 Å². The molecule has 19 heavy (non-hydrogen) atoms. The van der Waals surface area contributed by atoms with Gasteiger partial charge in [0.25, 0.3) is 5.91 Å². The van der Waals surface area contributed by atoms with Crippen LogP contribution < -0.4 is 4.90 Å². The van der Waals surface area contributed by atoms with Gasteiger partial charge in [-0.25, -0.2) is 0 Å². The Balaban J connectivity index is 1.89. The Bertz CT molecular complexity index is 668. The van der Waals surface area contributed by atoms with Gasteiger partial charge in [-0.1, -0.05) is 30.3 Å². The van der Waals surface area contributed by atoms with Crippen LogP contribution in [0.3, 0.4) is 0 Å². The topological polar surface area (TPSA) is 44.1 Å². The van der Waals surface area contributed by atoms with Crippen LogP contribution in [-0.2, 0) is 13.0 Å². The summed E-state index contributed by atoms with van der Waals surface area (Å²) in [7, 11) is 0. The minimum absolute atomic E-state index is 0.0450. The fraction of sp³-hybridized carbons (Fsp3) is 0.125. The number of amides is 1. The highest BCUT2D eigenvalue weighted by Crippen LogP contribution is 2.28. The lowest BCUT2D eigenvalue weighted by Gasteiger charge is -2.15. The summed E-state index contributed by atoms with van der Waals surface area (Å²) in [5, 5.41) is 8.65. The second-order valence-corrected chi connectivity index (χ2v) is 4.55. The first-order chi connectivity index (χ1) is 9.29. The quantitative estimate of drug-likeness (QED) is 0.820. The summed E-state index contributed by atoms with van der Waals surface area (Å²) >= 11 is 0. The lowest BCUT2D eigenvalue weighted by molar-refractivity contribution is 0.0996. The second-order valence-electron chi connectivity index (χ2n) is 4.55. The smallest absolute Gasteiger partial charge is 0.258 e. The number of rotatable bonds is 2. The molecule has 0 radical (unpaired) electrons. The fourth-order valence-electron chi connectivity index (χ4n) is 2.35. The van der Waals surface area contributed by atoms with Crippen molar-refractivity contribution in [3.8, 4) is 6.07 Å². The molecule has 3 rings (SSSR count). The lowest BCUT2D eigenvalue weighted by atomic mass is 10.1. The minimum Gasteiger partial charge on any atom is -0.304 e. The molecule has 0 aliphatic carbocycles. The van der Waals surface area contributed by atoms with E-state index in [1.54, 1.807) is 4.90 Å². The second kappa shape index (κ2) is 4.58. The molecular weight excluding hydrogens is 236 g/mol. The first kappa shape index (κ1) is 11.5. The highest BCUT2D eigenvalue weighted by Gasteiger charge is 2.27. The lowest BCUT2D eigenvalue weighted by Crippen LogP contribution is -2.22. The van der Waals surface area contributed by atoms with Crippen molar-refractivity contribution in [2.45, 2.75) is 13.0 Å². The molecule has 1 amide bonds. The van der Waals surface area contributed by atoms with Gasteiger partial charge in [-0.3, -0.25) is 4.79 Å². The van der Waals surface area contributed by atoms with Crippen molar-refractivity contribution in [1.82, 2.24) is 0 Å². The van der Waals surface area contributed by atoms with Gasteiger partial charge in [0.2, 0.25) is 0 Å². The van der Waals surface area contributed by atoms with Crippen LogP contribution in [0.2, 0.25) is 0 Å². The molecule has 0 unspecified atom stereocenters. The van der Waals surface area contributed by atoms with Gasteiger partial charge in [-0.05, 0) is 29.3 Å². The predicted octanol–water partition coefficient (Wildman–Crippen LogP) is 2.91. The van der Waals surface area contributed by atoms with E-state index in [9.17, 15) is 4.79 Å². The van der Waals surface area contributed by atoms with E-state index in [0.29, 0.717) is 13.0 Å². The Kier molecular flexibility index (Phi) is 2.77. The van der Waals surface area contributed by atoms with Crippen LogP contribution >= 0.6 is 0 Å². The summed E-state index contributed by atoms with van der Waals surface area (Å²) in [6.45, 7) is 0.618. The standard InChI is InChI=1S/C16H12N2O/c17-10-9-12-5-7-14(8-6-12)18-11-13-3-1-2-4-15(13)16(18)19/h1-8H,9,11H2. The van der Waals surface area contributed by atoms with Crippen LogP contribution in [0.5, 0.6) is 0 Å². The number of benzene rings is 2. The Hall–Kier alpha value is -2.60. The molecule has 1 aliphatic heterocycles. The average molecular weight is 248 g/mol. The van der Waals surface area contributed by atoms with Gasteiger partial charge in [-0.15, -0.1) is 0 Å². The van der Waals surface area contributed by atoms with Crippen molar-refractivity contribution in [3.63, 3.8) is 0 Å². The van der Waals surface area contributed by atoms with Crippen molar-refractivity contribution in [2.24, 2.45) is 0 Å². The number of nitrogens with zero attached hydrogens (tertiary/aromatic N) is 2. The van der Waals surface area contributed by atoms with E-state index in [4.69, 9.17) is 5.26 Å². The molecule has 0 saturated carbocycles. The number of anilines is 1. The summed E-state index contributed by atoms with van der Waals surface area (Å²) in [4.78, 5) is 14.0. The van der Waals surface area contributed by atoms with E-state index in [2.05, 4.69) is 6.07 Å². The maximum atomic E-state index is 12.3. The summed E-state index contributed by atoms with van der Waals surface area (Å²) in [5.41, 5.74) is 3.69. The molecule has 0 fully saturated rings. The Morgan fingerprint density at radius 2 is 1.84 bits per heavy atom. The van der Waals surface area contributed by atoms with Crippen LogP contribution in [0.15, 0.2) is 48.5 Å². The molecule has 1 aliphatic rings. The zero-order valence-corrected chi connectivity index (χ0v) is 10.3. The van der Waals surface area contributed by atoms with Gasteiger partial charge in [0.05, 0.1) is 19.0 Å². The van der Waals surface area contributed by atoms with E-state index in [0.717, 1.165) is 22.4 Å². The van der Waals surface area contributed by atoms with Crippen LogP contribution in [0, 0.1) is 11.3 Å². The van der Waals surface area contributed by atoms with E-state index in [1.165, 1.54) is 0 Å². The fourth-order valence-corrected chi connectivity index (χ4v) is 2.35. The number of hydrogen-bond acceptors (Lipinski definition) is 2. The molecule has 3 nitrogen and oxygen atoms in total. The summed E-state index contributed by atoms with van der Waals surface area (Å²) in [5.74, 6) is 0.0450. The summed E-state index contributed by atoms with van der Waals surface area (Å²) < 4.78 is 0. The highest BCUT2D eigenvalue weighted by molar-refractivity contribution is 6.09. The number of carbonyl (C=O) groups is 1. The Morgan fingerprint density at radius 1 is 1.11 bits per heavy atom. The molecule has 2 aromatic carbocycles. The van der Waals surface area contributed by atoms with Gasteiger partial charge in [-0.2, -0.15) is 5.26 Å². The highest BCUT2D eigenvalue weighted by atomic mass is 16.2. The third kappa shape index (κ3) is 1.98. The van der Waals surface area contributed by atoms with Gasteiger partial charge < -0.3 is 4.90 Å². The average Bonchev–Trinajstić information content (AvgIpc) is 2.78. The summed E-state index contributed by atoms with van der Waals surface area (Å²) in [6, 6.07) is 17.4. The molecule has 0 atom stereocenters. The molecule has 2 aromatic rings. The molecule has 0 saturated heterocycles. The Labute approximate surface area is 111 Å². The van der Waals surface area contributed by atoms with E-state index in [-0.39, 0.29) is 5.91 Å². The van der Waals surface area contributed by atoms with Crippen LogP contribution in [-0.4, -0.2) is 5.91 Å². The zero-order chi connectivity index (χ0) is 13.2. The van der Waals surface area contributed by atoms with E-state index in [1.807, 2.05) is 48.5 Å². The predicted molar refractivity (Wildman–Crippen MR) is 72.7 cm³/mol. The Morgan fingerprint density at radius 3 is 2.53 bits per heavy atom. The molecule has 92 valence electrons. The number of hydrogen-bond donors (Lipinski definition) is 0. The monoisotopic (exact) mass is 248 g/mol. The summed E-state index contributed by atoms with van der Waals surface area (Å²) in [6.07, 6.45) is 0.397. The van der Waals surface area contributed by atoms with Gasteiger partial charge in [0.15, 0.2) is 0 Å². The van der Waals surface area contributed by atoms with Crippen molar-refractivity contribution >= 4 is 11.6 Å². The molecule has 0 N–H and O–H groups in total. The maximum Gasteiger partial charge on any atom is 0.258 e. The third-order valence-corrected chi connectivity index (χ3v) is 3.35. The number of carbonyl (C=O) groups excluding carboxylic acids is 1. The molecule has 1 heterocycles. The molecule has 0 spiro atoms. The first-order valence-corrected chi connectivity index (χ1v) is 6.15. The maximum absolute atomic E-state index is 12.3. The molecule has 3 heteroatoms. The van der Waals surface area contributed by atoms with Crippen LogP contribution in [0.4, 0.5) is 5.69 Å². The van der Waals surface area contributed by atoms with Crippen molar-refractivity contribution in [2.75, 3.05) is 4.90 Å². The zero-order valence-electron chi connectivity index (χ0n) is 10.3. The minimum atomic E-state index is 0.0450. The van der Waals surface area contributed by atoms with Crippen LogP contribution in [0.25, 0.3) is 0 Å². The van der Waals surface area contributed by atoms with Crippen molar-refractivity contribution < 1.29 is 4.79 Å². The van der Waals surface area contributed by atoms with Crippen LogP contribution in [0.1, 0.15) is 21.5 Å².